The third kappa shape index (κ3) is 3.12. The summed E-state index contributed by atoms with van der Waals surface area (Å²) >= 11 is 1.73. The molecule has 3 N–H and O–H groups in total. The van der Waals surface area contributed by atoms with Gasteiger partial charge >= 0.3 is 0 Å². The molecule has 0 radical (unpaired) electrons. The lowest BCUT2D eigenvalue weighted by Gasteiger charge is -2.05. The molecule has 0 spiro atoms. The molecule has 3 nitrogen and oxygen atoms in total. The number of aryl methyl sites for hydroxylation is 1. The van der Waals surface area contributed by atoms with E-state index in [1.54, 1.807) is 18.3 Å². The molecule has 1 atom stereocenters. The van der Waals surface area contributed by atoms with Gasteiger partial charge in [-0.3, -0.25) is 4.79 Å². The fourth-order valence-corrected chi connectivity index (χ4v) is 1.94. The Morgan fingerprint density at radius 3 is 2.71 bits per heavy atom. The van der Waals surface area contributed by atoms with E-state index in [-0.39, 0.29) is 5.91 Å². The Balaban J connectivity index is 2.41. The number of rotatable bonds is 4. The lowest BCUT2D eigenvalue weighted by atomic mass is 10.3. The van der Waals surface area contributed by atoms with Crippen LogP contribution < -0.4 is 11.1 Å². The number of thiophene rings is 1. The third-order valence-electron chi connectivity index (χ3n) is 1.92. The first-order valence-electron chi connectivity index (χ1n) is 4.74. The molecule has 78 valence electrons. The molecule has 14 heavy (non-hydrogen) atoms. The molecule has 1 unspecified atom stereocenters. The maximum atomic E-state index is 11.2. The van der Waals surface area contributed by atoms with E-state index < -0.39 is 6.04 Å². The Bertz CT molecular complexity index is 307. The normalized spacial score (nSPS) is 12.5. The van der Waals surface area contributed by atoms with E-state index in [1.807, 2.05) is 6.07 Å². The van der Waals surface area contributed by atoms with Crippen LogP contribution in [0, 0.1) is 0 Å². The summed E-state index contributed by atoms with van der Waals surface area (Å²) < 4.78 is 0. The van der Waals surface area contributed by atoms with Crippen LogP contribution in [0.4, 0.5) is 0 Å². The minimum Gasteiger partial charge on any atom is -0.350 e. The van der Waals surface area contributed by atoms with Crippen molar-refractivity contribution in [2.75, 3.05) is 0 Å². The summed E-state index contributed by atoms with van der Waals surface area (Å²) in [5.74, 6) is -0.101. The molecule has 1 aromatic rings. The number of hydrogen-bond donors (Lipinski definition) is 2. The summed E-state index contributed by atoms with van der Waals surface area (Å²) in [6.07, 6.45) is 1.05. The summed E-state index contributed by atoms with van der Waals surface area (Å²) in [5, 5.41) is 2.78. The molecule has 0 fully saturated rings. The van der Waals surface area contributed by atoms with Crippen molar-refractivity contribution in [3.8, 4) is 0 Å². The highest BCUT2D eigenvalue weighted by atomic mass is 32.1. The van der Waals surface area contributed by atoms with Crippen LogP contribution in [-0.4, -0.2) is 11.9 Å². The molecule has 0 saturated carbocycles. The van der Waals surface area contributed by atoms with Crippen molar-refractivity contribution in [2.45, 2.75) is 32.9 Å². The summed E-state index contributed by atoms with van der Waals surface area (Å²) in [4.78, 5) is 13.7. The van der Waals surface area contributed by atoms with E-state index in [2.05, 4.69) is 18.3 Å². The van der Waals surface area contributed by atoms with Crippen molar-refractivity contribution in [2.24, 2.45) is 5.73 Å². The zero-order chi connectivity index (χ0) is 10.6. The standard InChI is InChI=1S/C10H16N2OS/c1-3-8-4-5-9(14-8)6-12-10(13)7(2)11/h4-5,7H,3,6,11H2,1-2H3,(H,12,13). The van der Waals surface area contributed by atoms with Gasteiger partial charge < -0.3 is 11.1 Å². The molecule has 0 aromatic carbocycles. The monoisotopic (exact) mass is 212 g/mol. The van der Waals surface area contributed by atoms with E-state index in [9.17, 15) is 4.79 Å². The van der Waals surface area contributed by atoms with Gasteiger partial charge in [-0.05, 0) is 25.5 Å². The van der Waals surface area contributed by atoms with Crippen LogP contribution in [0.5, 0.6) is 0 Å². The van der Waals surface area contributed by atoms with Gasteiger partial charge in [0.05, 0.1) is 12.6 Å². The average molecular weight is 212 g/mol. The Morgan fingerprint density at radius 1 is 1.57 bits per heavy atom. The van der Waals surface area contributed by atoms with E-state index in [4.69, 9.17) is 5.73 Å². The highest BCUT2D eigenvalue weighted by Crippen LogP contribution is 2.16. The molecule has 0 aliphatic rings. The van der Waals surface area contributed by atoms with E-state index in [1.165, 1.54) is 9.75 Å². The Hall–Kier alpha value is -0.870. The SMILES string of the molecule is CCc1ccc(CNC(=O)C(C)N)s1. The summed E-state index contributed by atoms with van der Waals surface area (Å²) in [5.41, 5.74) is 5.42. The minimum atomic E-state index is -0.430. The maximum Gasteiger partial charge on any atom is 0.236 e. The van der Waals surface area contributed by atoms with Crippen LogP contribution in [0.25, 0.3) is 0 Å². The molecule has 1 heterocycles. The second-order valence-corrected chi connectivity index (χ2v) is 4.48. The quantitative estimate of drug-likeness (QED) is 0.789. The lowest BCUT2D eigenvalue weighted by molar-refractivity contribution is -0.122. The number of carbonyl (C=O) groups excluding carboxylic acids is 1. The Morgan fingerprint density at radius 2 is 2.21 bits per heavy atom. The van der Waals surface area contributed by atoms with Crippen LogP contribution in [0.2, 0.25) is 0 Å². The van der Waals surface area contributed by atoms with Crippen molar-refractivity contribution in [1.29, 1.82) is 0 Å². The van der Waals surface area contributed by atoms with Gasteiger partial charge in [-0.2, -0.15) is 0 Å². The van der Waals surface area contributed by atoms with Crippen LogP contribution in [0.15, 0.2) is 12.1 Å². The second kappa shape index (κ2) is 5.12. The van der Waals surface area contributed by atoms with Crippen molar-refractivity contribution in [3.05, 3.63) is 21.9 Å². The summed E-state index contributed by atoms with van der Waals surface area (Å²) in [6.45, 7) is 4.39. The highest BCUT2D eigenvalue weighted by Gasteiger charge is 2.06. The lowest BCUT2D eigenvalue weighted by Crippen LogP contribution is -2.37. The predicted octanol–water partition coefficient (Wildman–Crippen LogP) is 1.27. The molecule has 0 aliphatic carbocycles. The molecule has 1 amide bonds. The first kappa shape index (κ1) is 11.2. The second-order valence-electron chi connectivity index (χ2n) is 3.23. The first-order chi connectivity index (χ1) is 6.63. The molecular weight excluding hydrogens is 196 g/mol. The first-order valence-corrected chi connectivity index (χ1v) is 5.56. The van der Waals surface area contributed by atoms with Gasteiger partial charge in [-0.15, -0.1) is 11.3 Å². The summed E-state index contributed by atoms with van der Waals surface area (Å²) in [7, 11) is 0. The molecular formula is C10H16N2OS. The summed E-state index contributed by atoms with van der Waals surface area (Å²) in [6, 6.07) is 3.71. The number of carbonyl (C=O) groups is 1. The number of hydrogen-bond acceptors (Lipinski definition) is 3. The van der Waals surface area contributed by atoms with Crippen LogP contribution in [0.1, 0.15) is 23.6 Å². The zero-order valence-electron chi connectivity index (χ0n) is 8.54. The largest absolute Gasteiger partial charge is 0.350 e. The highest BCUT2D eigenvalue weighted by molar-refractivity contribution is 7.11. The minimum absolute atomic E-state index is 0.101. The van der Waals surface area contributed by atoms with Crippen LogP contribution in [-0.2, 0) is 17.8 Å². The number of amides is 1. The number of nitrogens with two attached hydrogens (primary N) is 1. The smallest absolute Gasteiger partial charge is 0.236 e. The fraction of sp³-hybridized carbons (Fsp3) is 0.500. The predicted molar refractivity (Wildman–Crippen MR) is 59.2 cm³/mol. The molecule has 0 saturated heterocycles. The molecule has 1 aromatic heterocycles. The maximum absolute atomic E-state index is 11.2. The molecule has 4 heteroatoms. The van der Waals surface area contributed by atoms with Gasteiger partial charge in [-0.25, -0.2) is 0 Å². The molecule has 0 bridgehead atoms. The van der Waals surface area contributed by atoms with Crippen molar-refractivity contribution in [1.82, 2.24) is 5.32 Å². The average Bonchev–Trinajstić information content (AvgIpc) is 2.61. The van der Waals surface area contributed by atoms with Gasteiger partial charge in [0.25, 0.3) is 0 Å². The van der Waals surface area contributed by atoms with Gasteiger partial charge in [0, 0.05) is 9.75 Å². The molecule has 0 aliphatic heterocycles. The molecule has 1 rings (SSSR count). The Kier molecular flexibility index (Phi) is 4.10. The van der Waals surface area contributed by atoms with E-state index >= 15 is 0 Å². The fourth-order valence-electron chi connectivity index (χ4n) is 1.04. The van der Waals surface area contributed by atoms with Crippen molar-refractivity contribution in [3.63, 3.8) is 0 Å². The van der Waals surface area contributed by atoms with Gasteiger partial charge in [-0.1, -0.05) is 6.92 Å². The van der Waals surface area contributed by atoms with Gasteiger partial charge in [0.2, 0.25) is 5.91 Å². The zero-order valence-corrected chi connectivity index (χ0v) is 9.36. The topological polar surface area (TPSA) is 55.1 Å². The van der Waals surface area contributed by atoms with Crippen LogP contribution >= 0.6 is 11.3 Å². The van der Waals surface area contributed by atoms with Crippen LogP contribution in [0.3, 0.4) is 0 Å². The van der Waals surface area contributed by atoms with Gasteiger partial charge in [0.1, 0.15) is 0 Å². The Labute approximate surface area is 88.3 Å². The van der Waals surface area contributed by atoms with Gasteiger partial charge in [0.15, 0.2) is 0 Å². The van der Waals surface area contributed by atoms with E-state index in [0.717, 1.165) is 6.42 Å². The third-order valence-corrected chi connectivity index (χ3v) is 3.15. The number of nitrogens with one attached hydrogen (secondary N) is 1. The van der Waals surface area contributed by atoms with Crippen molar-refractivity contribution < 1.29 is 4.79 Å². The van der Waals surface area contributed by atoms with Crippen molar-refractivity contribution >= 4 is 17.2 Å². The van der Waals surface area contributed by atoms with E-state index in [0.29, 0.717) is 6.54 Å².